The van der Waals surface area contributed by atoms with Crippen LogP contribution in [-0.2, 0) is 4.79 Å². The second kappa shape index (κ2) is 9.01. The van der Waals surface area contributed by atoms with E-state index in [1.54, 1.807) is 23.1 Å². The molecule has 2 aromatic rings. The summed E-state index contributed by atoms with van der Waals surface area (Å²) in [5.74, 6) is -0.418. The summed E-state index contributed by atoms with van der Waals surface area (Å²) >= 11 is 0. The normalized spacial score (nSPS) is 17.9. The Bertz CT molecular complexity index is 881. The Balaban J connectivity index is 0.00000261. The highest BCUT2D eigenvalue weighted by Gasteiger charge is 2.26. The number of likely N-dealkylation sites (tertiary alicyclic amines) is 1. The maximum Gasteiger partial charge on any atom is 0.257 e. The zero-order valence-electron chi connectivity index (χ0n) is 15.2. The second-order valence-corrected chi connectivity index (χ2v) is 6.86. The SMILES string of the molecule is CC(N)C1CCCN(C(=O)CNC(=O)c2c[nH]c3ccccc3c2=O)C1.Cl. The molecule has 0 saturated carbocycles. The number of pyridine rings is 1. The van der Waals surface area contributed by atoms with E-state index in [9.17, 15) is 14.4 Å². The molecule has 2 unspecified atom stereocenters. The first-order valence-corrected chi connectivity index (χ1v) is 8.89. The molecule has 1 aliphatic heterocycles. The number of benzene rings is 1. The number of piperidine rings is 1. The zero-order chi connectivity index (χ0) is 18.7. The molecule has 2 atom stereocenters. The van der Waals surface area contributed by atoms with Crippen LogP contribution in [0.3, 0.4) is 0 Å². The van der Waals surface area contributed by atoms with Gasteiger partial charge in [-0.3, -0.25) is 14.4 Å². The monoisotopic (exact) mass is 392 g/mol. The molecule has 1 aliphatic rings. The quantitative estimate of drug-likeness (QED) is 0.727. The summed E-state index contributed by atoms with van der Waals surface area (Å²) in [4.78, 5) is 41.9. The standard InChI is InChI=1S/C19H24N4O3.ClH/c1-12(20)13-5-4-8-23(11-13)17(24)10-22-19(26)15-9-21-16-7-3-2-6-14(16)18(15)25;/h2-3,6-7,9,12-13H,4-5,8,10-11,20H2,1H3,(H,21,25)(H,22,26);1H. The number of hydrogen-bond donors (Lipinski definition) is 3. The van der Waals surface area contributed by atoms with Gasteiger partial charge < -0.3 is 20.9 Å². The van der Waals surface area contributed by atoms with Crippen LogP contribution in [0.25, 0.3) is 10.9 Å². The average molecular weight is 393 g/mol. The fourth-order valence-electron chi connectivity index (χ4n) is 3.36. The highest BCUT2D eigenvalue weighted by atomic mass is 35.5. The third kappa shape index (κ3) is 4.67. The van der Waals surface area contributed by atoms with Crippen LogP contribution in [0.2, 0.25) is 0 Å². The van der Waals surface area contributed by atoms with Crippen molar-refractivity contribution in [1.29, 1.82) is 0 Å². The smallest absolute Gasteiger partial charge is 0.257 e. The number of H-pyrrole nitrogens is 1. The van der Waals surface area contributed by atoms with Crippen LogP contribution in [0.1, 0.15) is 30.1 Å². The molecule has 7 nitrogen and oxygen atoms in total. The van der Waals surface area contributed by atoms with Gasteiger partial charge in [0, 0.05) is 36.2 Å². The van der Waals surface area contributed by atoms with E-state index in [2.05, 4.69) is 10.3 Å². The molecular formula is C19H25ClN4O3. The maximum atomic E-state index is 12.4. The number of nitrogens with two attached hydrogens (primary N) is 1. The van der Waals surface area contributed by atoms with E-state index < -0.39 is 5.91 Å². The van der Waals surface area contributed by atoms with Crippen LogP contribution >= 0.6 is 12.4 Å². The van der Waals surface area contributed by atoms with Crippen molar-refractivity contribution in [3.63, 3.8) is 0 Å². The number of para-hydroxylation sites is 1. The molecule has 0 radical (unpaired) electrons. The fraction of sp³-hybridized carbons (Fsp3) is 0.421. The third-order valence-electron chi connectivity index (χ3n) is 4.99. The van der Waals surface area contributed by atoms with Crippen LogP contribution in [0.4, 0.5) is 0 Å². The third-order valence-corrected chi connectivity index (χ3v) is 4.99. The lowest BCUT2D eigenvalue weighted by atomic mass is 9.92. The lowest BCUT2D eigenvalue weighted by molar-refractivity contribution is -0.132. The summed E-state index contributed by atoms with van der Waals surface area (Å²) in [6.07, 6.45) is 3.31. The Morgan fingerprint density at radius 2 is 2.11 bits per heavy atom. The first-order chi connectivity index (χ1) is 12.5. The highest BCUT2D eigenvalue weighted by Crippen LogP contribution is 2.18. The molecular weight excluding hydrogens is 368 g/mol. The molecule has 146 valence electrons. The van der Waals surface area contributed by atoms with Crippen molar-refractivity contribution in [1.82, 2.24) is 15.2 Å². The van der Waals surface area contributed by atoms with Crippen molar-refractivity contribution in [2.45, 2.75) is 25.8 Å². The predicted octanol–water partition coefficient (Wildman–Crippen LogP) is 1.27. The highest BCUT2D eigenvalue weighted by molar-refractivity contribution is 5.98. The number of carbonyl (C=O) groups excluding carboxylic acids is 2. The van der Waals surface area contributed by atoms with E-state index in [-0.39, 0.29) is 47.8 Å². The summed E-state index contributed by atoms with van der Waals surface area (Å²) in [5.41, 5.74) is 6.27. The maximum absolute atomic E-state index is 12.4. The van der Waals surface area contributed by atoms with E-state index in [1.807, 2.05) is 13.0 Å². The fourth-order valence-corrected chi connectivity index (χ4v) is 3.36. The molecule has 3 rings (SSSR count). The molecule has 8 heteroatoms. The Hall–Kier alpha value is -2.38. The number of nitrogens with zero attached hydrogens (tertiary/aromatic N) is 1. The van der Waals surface area contributed by atoms with Crippen molar-refractivity contribution in [3.05, 3.63) is 46.2 Å². The largest absolute Gasteiger partial charge is 0.360 e. The minimum Gasteiger partial charge on any atom is -0.360 e. The summed E-state index contributed by atoms with van der Waals surface area (Å²) < 4.78 is 0. The summed E-state index contributed by atoms with van der Waals surface area (Å²) in [6, 6.07) is 7.03. The average Bonchev–Trinajstić information content (AvgIpc) is 2.66. The lowest BCUT2D eigenvalue weighted by Crippen LogP contribution is -2.48. The Morgan fingerprint density at radius 3 is 2.85 bits per heavy atom. The van der Waals surface area contributed by atoms with Gasteiger partial charge in [0.05, 0.1) is 6.54 Å². The summed E-state index contributed by atoms with van der Waals surface area (Å²) in [6.45, 7) is 3.11. The van der Waals surface area contributed by atoms with Gasteiger partial charge in [-0.2, -0.15) is 0 Å². The molecule has 1 fully saturated rings. The molecule has 0 aliphatic carbocycles. The van der Waals surface area contributed by atoms with Gasteiger partial charge >= 0.3 is 0 Å². The van der Waals surface area contributed by atoms with Gasteiger partial charge in [-0.05, 0) is 37.8 Å². The molecule has 27 heavy (non-hydrogen) atoms. The van der Waals surface area contributed by atoms with E-state index in [0.29, 0.717) is 24.0 Å². The van der Waals surface area contributed by atoms with Gasteiger partial charge in [-0.25, -0.2) is 0 Å². The number of aromatic nitrogens is 1. The van der Waals surface area contributed by atoms with E-state index in [0.717, 1.165) is 12.8 Å². The first kappa shape index (κ1) is 20.9. The van der Waals surface area contributed by atoms with Gasteiger partial charge in [0.15, 0.2) is 0 Å². The molecule has 0 bridgehead atoms. The molecule has 2 amide bonds. The molecule has 1 aromatic heterocycles. The molecule has 1 saturated heterocycles. The van der Waals surface area contributed by atoms with Gasteiger partial charge in [-0.15, -0.1) is 12.4 Å². The molecule has 0 spiro atoms. The minimum atomic E-state index is -0.550. The number of rotatable bonds is 4. The van der Waals surface area contributed by atoms with Crippen LogP contribution in [-0.4, -0.2) is 47.4 Å². The Kier molecular flexibility index (Phi) is 6.98. The topological polar surface area (TPSA) is 108 Å². The number of fused-ring (bicyclic) bond motifs is 1. The lowest BCUT2D eigenvalue weighted by Gasteiger charge is -2.34. The number of nitrogens with one attached hydrogen (secondary N) is 2. The van der Waals surface area contributed by atoms with Crippen LogP contribution in [0, 0.1) is 5.92 Å². The first-order valence-electron chi connectivity index (χ1n) is 8.89. The van der Waals surface area contributed by atoms with Crippen molar-refractivity contribution < 1.29 is 9.59 Å². The van der Waals surface area contributed by atoms with Gasteiger partial charge in [0.1, 0.15) is 5.56 Å². The van der Waals surface area contributed by atoms with Crippen molar-refractivity contribution in [2.75, 3.05) is 19.6 Å². The zero-order valence-corrected chi connectivity index (χ0v) is 16.1. The number of carbonyl (C=O) groups is 2. The minimum absolute atomic E-state index is 0. The van der Waals surface area contributed by atoms with Crippen molar-refractivity contribution in [3.8, 4) is 0 Å². The molecule has 1 aromatic carbocycles. The number of halogens is 1. The summed E-state index contributed by atoms with van der Waals surface area (Å²) in [7, 11) is 0. The van der Waals surface area contributed by atoms with E-state index >= 15 is 0 Å². The van der Waals surface area contributed by atoms with Crippen LogP contribution in [0.5, 0.6) is 0 Å². The van der Waals surface area contributed by atoms with Crippen molar-refractivity contribution in [2.24, 2.45) is 11.7 Å². The van der Waals surface area contributed by atoms with E-state index in [4.69, 9.17) is 5.73 Å². The van der Waals surface area contributed by atoms with Gasteiger partial charge in [0.2, 0.25) is 11.3 Å². The number of amides is 2. The van der Waals surface area contributed by atoms with E-state index in [1.165, 1.54) is 6.20 Å². The van der Waals surface area contributed by atoms with Gasteiger partial charge in [0.25, 0.3) is 5.91 Å². The molecule has 2 heterocycles. The number of aromatic amines is 1. The van der Waals surface area contributed by atoms with Crippen LogP contribution < -0.4 is 16.5 Å². The Labute approximate surface area is 163 Å². The second-order valence-electron chi connectivity index (χ2n) is 6.86. The van der Waals surface area contributed by atoms with Gasteiger partial charge in [-0.1, -0.05) is 12.1 Å². The number of hydrogen-bond acceptors (Lipinski definition) is 4. The van der Waals surface area contributed by atoms with Crippen LogP contribution in [0.15, 0.2) is 35.3 Å². The van der Waals surface area contributed by atoms with Crippen molar-refractivity contribution >= 4 is 35.1 Å². The molecule has 4 N–H and O–H groups in total. The summed E-state index contributed by atoms with van der Waals surface area (Å²) in [5, 5.41) is 3.01. The Morgan fingerprint density at radius 1 is 1.37 bits per heavy atom. The predicted molar refractivity (Wildman–Crippen MR) is 107 cm³/mol.